The summed E-state index contributed by atoms with van der Waals surface area (Å²) >= 11 is 1.04. The smallest absolute Gasteiger partial charge is 0.284 e. The van der Waals surface area contributed by atoms with E-state index < -0.39 is 5.91 Å². The van der Waals surface area contributed by atoms with Gasteiger partial charge in [0, 0.05) is 6.54 Å². The van der Waals surface area contributed by atoms with Gasteiger partial charge in [0.25, 0.3) is 11.8 Å². The fourth-order valence-electron chi connectivity index (χ4n) is 1.69. The van der Waals surface area contributed by atoms with Crippen LogP contribution in [0.4, 0.5) is 0 Å². The Morgan fingerprint density at radius 1 is 1.00 bits per heavy atom. The summed E-state index contributed by atoms with van der Waals surface area (Å²) in [5, 5.41) is 11.3. The van der Waals surface area contributed by atoms with E-state index in [9.17, 15) is 9.59 Å². The highest BCUT2D eigenvalue weighted by Crippen LogP contribution is 2.16. The molecule has 6 heteroatoms. The zero-order chi connectivity index (χ0) is 14.4. The van der Waals surface area contributed by atoms with Crippen molar-refractivity contribution in [3.63, 3.8) is 0 Å². The standard InChI is InChI=1S/C14H14N2O3S/c17-13(11-6-7-12(20-11)14(18)16-19)15-9-8-10-4-2-1-3-5-10/h1-7,19H,8-9H2,(H,15,17)(H,16,18). The van der Waals surface area contributed by atoms with Crippen LogP contribution in [0.25, 0.3) is 0 Å². The molecule has 0 aliphatic carbocycles. The molecule has 2 amide bonds. The van der Waals surface area contributed by atoms with E-state index in [4.69, 9.17) is 5.21 Å². The van der Waals surface area contributed by atoms with Crippen molar-refractivity contribution in [1.82, 2.24) is 10.8 Å². The number of nitrogens with one attached hydrogen (secondary N) is 2. The van der Waals surface area contributed by atoms with Crippen molar-refractivity contribution in [2.75, 3.05) is 6.54 Å². The number of thiophene rings is 1. The molecule has 0 fully saturated rings. The van der Waals surface area contributed by atoms with E-state index in [1.165, 1.54) is 11.5 Å². The lowest BCUT2D eigenvalue weighted by atomic mass is 10.1. The normalized spacial score (nSPS) is 10.1. The minimum atomic E-state index is -0.613. The van der Waals surface area contributed by atoms with Crippen molar-refractivity contribution in [3.8, 4) is 0 Å². The molecule has 0 unspecified atom stereocenters. The zero-order valence-corrected chi connectivity index (χ0v) is 11.4. The molecule has 1 aromatic carbocycles. The number of rotatable bonds is 5. The summed E-state index contributed by atoms with van der Waals surface area (Å²) in [5.74, 6) is -0.832. The summed E-state index contributed by atoms with van der Waals surface area (Å²) in [7, 11) is 0. The van der Waals surface area contributed by atoms with Crippen LogP contribution < -0.4 is 10.8 Å². The van der Waals surface area contributed by atoms with Crippen molar-refractivity contribution >= 4 is 23.2 Å². The Morgan fingerprint density at radius 2 is 1.65 bits per heavy atom. The van der Waals surface area contributed by atoms with E-state index in [0.717, 1.165) is 23.3 Å². The number of carbonyl (C=O) groups excluding carboxylic acids is 2. The third kappa shape index (κ3) is 3.66. The topological polar surface area (TPSA) is 78.4 Å². The monoisotopic (exact) mass is 290 g/mol. The fraction of sp³-hybridized carbons (Fsp3) is 0.143. The summed E-state index contributed by atoms with van der Waals surface area (Å²) in [4.78, 5) is 23.8. The maximum absolute atomic E-state index is 11.9. The Kier molecular flexibility index (Phi) is 4.86. The van der Waals surface area contributed by atoms with Crippen molar-refractivity contribution in [2.24, 2.45) is 0 Å². The van der Waals surface area contributed by atoms with Crippen LogP contribution in [0.3, 0.4) is 0 Å². The molecule has 0 atom stereocenters. The van der Waals surface area contributed by atoms with Crippen LogP contribution in [0, 0.1) is 0 Å². The van der Waals surface area contributed by atoms with Gasteiger partial charge in [-0.05, 0) is 24.1 Å². The van der Waals surface area contributed by atoms with Gasteiger partial charge in [0.05, 0.1) is 9.75 Å². The summed E-state index contributed by atoms with van der Waals surface area (Å²) < 4.78 is 0. The minimum absolute atomic E-state index is 0.220. The van der Waals surface area contributed by atoms with Crippen molar-refractivity contribution in [2.45, 2.75) is 6.42 Å². The SMILES string of the molecule is O=C(NO)c1ccc(C(=O)NCCc2ccccc2)s1. The van der Waals surface area contributed by atoms with Crippen LogP contribution >= 0.6 is 11.3 Å². The Balaban J connectivity index is 1.86. The van der Waals surface area contributed by atoms with Crippen LogP contribution in [0.15, 0.2) is 42.5 Å². The molecule has 3 N–H and O–H groups in total. The van der Waals surface area contributed by atoms with Gasteiger partial charge in [-0.3, -0.25) is 14.8 Å². The highest BCUT2D eigenvalue weighted by molar-refractivity contribution is 7.15. The van der Waals surface area contributed by atoms with E-state index >= 15 is 0 Å². The van der Waals surface area contributed by atoms with Crippen molar-refractivity contribution in [1.29, 1.82) is 0 Å². The quantitative estimate of drug-likeness (QED) is 0.581. The third-order valence-corrected chi connectivity index (χ3v) is 3.78. The number of benzene rings is 1. The van der Waals surface area contributed by atoms with Gasteiger partial charge < -0.3 is 5.32 Å². The molecule has 0 saturated heterocycles. The lowest BCUT2D eigenvalue weighted by Gasteiger charge is -2.03. The Labute approximate surface area is 120 Å². The van der Waals surface area contributed by atoms with Gasteiger partial charge in [-0.25, -0.2) is 5.48 Å². The summed E-state index contributed by atoms with van der Waals surface area (Å²) in [6, 6.07) is 12.9. The third-order valence-electron chi connectivity index (χ3n) is 2.70. The number of hydrogen-bond acceptors (Lipinski definition) is 4. The Morgan fingerprint density at radius 3 is 2.30 bits per heavy atom. The zero-order valence-electron chi connectivity index (χ0n) is 10.6. The van der Waals surface area contributed by atoms with Crippen LogP contribution in [-0.2, 0) is 6.42 Å². The van der Waals surface area contributed by atoms with Gasteiger partial charge in [-0.1, -0.05) is 30.3 Å². The van der Waals surface area contributed by atoms with Crippen molar-refractivity contribution < 1.29 is 14.8 Å². The van der Waals surface area contributed by atoms with Gasteiger partial charge in [0.15, 0.2) is 0 Å². The summed E-state index contributed by atoms with van der Waals surface area (Å²) in [6.45, 7) is 0.530. The summed E-state index contributed by atoms with van der Waals surface area (Å²) in [5.41, 5.74) is 2.69. The van der Waals surface area contributed by atoms with E-state index in [1.807, 2.05) is 30.3 Å². The first-order valence-corrected chi connectivity index (χ1v) is 6.89. The van der Waals surface area contributed by atoms with Crippen LogP contribution in [0.1, 0.15) is 24.9 Å². The molecule has 2 rings (SSSR count). The molecule has 1 aromatic heterocycles. The van der Waals surface area contributed by atoms with Crippen LogP contribution in [-0.4, -0.2) is 23.6 Å². The largest absolute Gasteiger partial charge is 0.351 e. The van der Waals surface area contributed by atoms with Gasteiger partial charge in [0.2, 0.25) is 0 Å². The maximum atomic E-state index is 11.9. The molecule has 5 nitrogen and oxygen atoms in total. The van der Waals surface area contributed by atoms with Crippen LogP contribution in [0.2, 0.25) is 0 Å². The molecule has 20 heavy (non-hydrogen) atoms. The molecule has 0 spiro atoms. The summed E-state index contributed by atoms with van der Waals surface area (Å²) in [6.07, 6.45) is 0.752. The molecule has 0 saturated carbocycles. The fourth-order valence-corrected chi connectivity index (χ4v) is 2.50. The Bertz CT molecular complexity index is 595. The highest BCUT2D eigenvalue weighted by atomic mass is 32.1. The first-order chi connectivity index (χ1) is 9.70. The molecule has 2 aromatic rings. The lowest BCUT2D eigenvalue weighted by molar-refractivity contribution is 0.0711. The maximum Gasteiger partial charge on any atom is 0.284 e. The number of hydroxylamine groups is 1. The number of amides is 2. The average Bonchev–Trinajstić information content (AvgIpc) is 2.97. The van der Waals surface area contributed by atoms with E-state index in [1.54, 1.807) is 6.07 Å². The molecule has 1 heterocycles. The molecular formula is C14H14N2O3S. The van der Waals surface area contributed by atoms with Crippen LogP contribution in [0.5, 0.6) is 0 Å². The second-order valence-electron chi connectivity index (χ2n) is 4.10. The first kappa shape index (κ1) is 14.2. The number of carbonyl (C=O) groups is 2. The minimum Gasteiger partial charge on any atom is -0.351 e. The highest BCUT2D eigenvalue weighted by Gasteiger charge is 2.12. The second-order valence-corrected chi connectivity index (χ2v) is 5.18. The van der Waals surface area contributed by atoms with Gasteiger partial charge in [-0.15, -0.1) is 11.3 Å². The van der Waals surface area contributed by atoms with E-state index in [-0.39, 0.29) is 5.91 Å². The molecule has 104 valence electrons. The first-order valence-electron chi connectivity index (χ1n) is 6.07. The molecular weight excluding hydrogens is 276 g/mol. The second kappa shape index (κ2) is 6.83. The molecule has 0 radical (unpaired) electrons. The van der Waals surface area contributed by atoms with Gasteiger partial charge >= 0.3 is 0 Å². The average molecular weight is 290 g/mol. The van der Waals surface area contributed by atoms with Gasteiger partial charge in [0.1, 0.15) is 0 Å². The number of hydrogen-bond donors (Lipinski definition) is 3. The molecule has 0 aliphatic heterocycles. The molecule has 0 bridgehead atoms. The van der Waals surface area contributed by atoms with E-state index in [0.29, 0.717) is 16.3 Å². The van der Waals surface area contributed by atoms with Crippen molar-refractivity contribution in [3.05, 3.63) is 57.8 Å². The lowest BCUT2D eigenvalue weighted by Crippen LogP contribution is -2.24. The van der Waals surface area contributed by atoms with E-state index in [2.05, 4.69) is 5.32 Å². The molecule has 0 aliphatic rings. The predicted octanol–water partition coefficient (Wildman–Crippen LogP) is 1.84. The Hall–Kier alpha value is -2.18. The van der Waals surface area contributed by atoms with Gasteiger partial charge in [-0.2, -0.15) is 0 Å². The predicted molar refractivity (Wildman–Crippen MR) is 76.1 cm³/mol.